The van der Waals surface area contributed by atoms with Crippen molar-refractivity contribution in [3.05, 3.63) is 23.8 Å². The number of ether oxygens (including phenoxy) is 4. The molecule has 6 heteroatoms. The maximum absolute atomic E-state index is 11.8. The second kappa shape index (κ2) is 12.3. The fourth-order valence-corrected chi connectivity index (χ4v) is 2.84. The first-order valence-corrected chi connectivity index (χ1v) is 10.2. The average molecular weight is 392 g/mol. The van der Waals surface area contributed by atoms with E-state index in [0.29, 0.717) is 31.1 Å². The van der Waals surface area contributed by atoms with Gasteiger partial charge < -0.3 is 18.9 Å². The van der Waals surface area contributed by atoms with E-state index in [-0.39, 0.29) is 25.3 Å². The largest absolute Gasteiger partial charge is 0.465 e. The minimum absolute atomic E-state index is 0.0982. The Morgan fingerprint density at radius 2 is 1.50 bits per heavy atom. The van der Waals surface area contributed by atoms with Crippen molar-refractivity contribution >= 4 is 11.9 Å². The summed E-state index contributed by atoms with van der Waals surface area (Å²) in [6.07, 6.45) is 6.79. The number of hydrogen-bond acceptors (Lipinski definition) is 6. The zero-order chi connectivity index (χ0) is 20.2. The fourth-order valence-electron chi connectivity index (χ4n) is 2.84. The van der Waals surface area contributed by atoms with Crippen LogP contribution in [0.15, 0.2) is 18.2 Å². The van der Waals surface area contributed by atoms with Crippen LogP contribution in [0.5, 0.6) is 11.5 Å². The van der Waals surface area contributed by atoms with Gasteiger partial charge in [-0.1, -0.05) is 45.6 Å². The van der Waals surface area contributed by atoms with Crippen LogP contribution < -0.4 is 9.47 Å². The van der Waals surface area contributed by atoms with Gasteiger partial charge in [-0.15, -0.1) is 0 Å². The smallest absolute Gasteiger partial charge is 0.306 e. The summed E-state index contributed by atoms with van der Waals surface area (Å²) in [5, 5.41) is 0. The SMILES string of the molecule is CC(C)COC(=O)CCCCCCCCC(=O)OCc1ccc2c(c1)OCO2. The predicted molar refractivity (Wildman–Crippen MR) is 105 cm³/mol. The number of hydrogen-bond donors (Lipinski definition) is 0. The molecule has 1 aliphatic heterocycles. The number of unbranched alkanes of at least 4 members (excludes halogenated alkanes) is 5. The molecule has 0 radical (unpaired) electrons. The quantitative estimate of drug-likeness (QED) is 0.355. The van der Waals surface area contributed by atoms with Gasteiger partial charge in [0.25, 0.3) is 0 Å². The molecule has 1 aromatic carbocycles. The molecule has 0 spiro atoms. The van der Waals surface area contributed by atoms with E-state index >= 15 is 0 Å². The van der Waals surface area contributed by atoms with Gasteiger partial charge in [-0.3, -0.25) is 9.59 Å². The third kappa shape index (κ3) is 8.63. The molecule has 1 heterocycles. The molecule has 0 fully saturated rings. The molecular weight excluding hydrogens is 360 g/mol. The summed E-state index contributed by atoms with van der Waals surface area (Å²) >= 11 is 0. The van der Waals surface area contributed by atoms with Crippen LogP contribution in [0.1, 0.15) is 70.8 Å². The number of carbonyl (C=O) groups is 2. The number of fused-ring (bicyclic) bond motifs is 1. The highest BCUT2D eigenvalue weighted by atomic mass is 16.7. The van der Waals surface area contributed by atoms with Crippen LogP contribution in [-0.4, -0.2) is 25.3 Å². The van der Waals surface area contributed by atoms with Gasteiger partial charge in [-0.25, -0.2) is 0 Å². The zero-order valence-corrected chi connectivity index (χ0v) is 17.0. The van der Waals surface area contributed by atoms with Crippen LogP contribution in [0, 0.1) is 5.92 Å². The molecule has 0 aromatic heterocycles. The Hall–Kier alpha value is -2.24. The van der Waals surface area contributed by atoms with Crippen LogP contribution >= 0.6 is 0 Å². The summed E-state index contributed by atoms with van der Waals surface area (Å²) in [5.41, 5.74) is 0.893. The summed E-state index contributed by atoms with van der Waals surface area (Å²) < 4.78 is 21.0. The standard InChI is InChI=1S/C22H32O6/c1-17(2)14-25-21(23)9-7-5-3-4-6-8-10-22(24)26-15-18-11-12-19-20(13-18)28-16-27-19/h11-13,17H,3-10,14-16H2,1-2H3. The highest BCUT2D eigenvalue weighted by Crippen LogP contribution is 2.32. The Labute approximate surface area is 167 Å². The maximum Gasteiger partial charge on any atom is 0.306 e. The molecule has 28 heavy (non-hydrogen) atoms. The Kier molecular flexibility index (Phi) is 9.66. The monoisotopic (exact) mass is 392 g/mol. The first-order chi connectivity index (χ1) is 13.5. The Balaban J connectivity index is 1.43. The lowest BCUT2D eigenvalue weighted by molar-refractivity contribution is -0.145. The van der Waals surface area contributed by atoms with E-state index in [0.717, 1.165) is 49.8 Å². The molecule has 0 N–H and O–H groups in total. The van der Waals surface area contributed by atoms with Crippen LogP contribution in [0.25, 0.3) is 0 Å². The van der Waals surface area contributed by atoms with Crippen LogP contribution in [0.2, 0.25) is 0 Å². The molecular formula is C22H32O6. The third-order valence-corrected chi connectivity index (χ3v) is 4.43. The second-order valence-corrected chi connectivity index (χ2v) is 7.55. The summed E-state index contributed by atoms with van der Waals surface area (Å²) in [6, 6.07) is 5.54. The van der Waals surface area contributed by atoms with Crippen molar-refractivity contribution in [1.29, 1.82) is 0 Å². The van der Waals surface area contributed by atoms with Crippen molar-refractivity contribution in [3.8, 4) is 11.5 Å². The average Bonchev–Trinajstić information content (AvgIpc) is 3.14. The van der Waals surface area contributed by atoms with E-state index in [1.165, 1.54) is 0 Å². The van der Waals surface area contributed by atoms with Crippen molar-refractivity contribution in [2.24, 2.45) is 5.92 Å². The number of carbonyl (C=O) groups excluding carboxylic acids is 2. The lowest BCUT2D eigenvalue weighted by Crippen LogP contribution is -2.09. The van der Waals surface area contributed by atoms with Gasteiger partial charge in [0.05, 0.1) is 6.61 Å². The minimum Gasteiger partial charge on any atom is -0.465 e. The van der Waals surface area contributed by atoms with Crippen LogP contribution in [-0.2, 0) is 25.7 Å². The van der Waals surface area contributed by atoms with E-state index < -0.39 is 0 Å². The maximum atomic E-state index is 11.8. The van der Waals surface area contributed by atoms with E-state index in [2.05, 4.69) is 0 Å². The van der Waals surface area contributed by atoms with Gasteiger partial charge in [-0.05, 0) is 36.5 Å². The van der Waals surface area contributed by atoms with Crippen LogP contribution in [0.4, 0.5) is 0 Å². The first-order valence-electron chi connectivity index (χ1n) is 10.2. The normalized spacial score (nSPS) is 12.2. The Morgan fingerprint density at radius 1 is 0.893 bits per heavy atom. The zero-order valence-electron chi connectivity index (χ0n) is 17.0. The summed E-state index contributed by atoms with van der Waals surface area (Å²) in [6.45, 7) is 5.05. The lowest BCUT2D eigenvalue weighted by atomic mass is 10.1. The highest BCUT2D eigenvalue weighted by molar-refractivity contribution is 5.69. The Bertz CT molecular complexity index is 625. The summed E-state index contributed by atoms with van der Waals surface area (Å²) in [4.78, 5) is 23.3. The Morgan fingerprint density at radius 3 is 2.18 bits per heavy atom. The first kappa shape index (κ1) is 22.1. The summed E-state index contributed by atoms with van der Waals surface area (Å²) in [5.74, 6) is 1.53. The van der Waals surface area contributed by atoms with Gasteiger partial charge in [0.15, 0.2) is 11.5 Å². The fraction of sp³-hybridized carbons (Fsp3) is 0.636. The molecule has 6 nitrogen and oxygen atoms in total. The van der Waals surface area contributed by atoms with Crippen molar-refractivity contribution in [1.82, 2.24) is 0 Å². The number of rotatable bonds is 13. The highest BCUT2D eigenvalue weighted by Gasteiger charge is 2.13. The van der Waals surface area contributed by atoms with E-state index in [1.54, 1.807) is 0 Å². The van der Waals surface area contributed by atoms with E-state index in [4.69, 9.17) is 18.9 Å². The van der Waals surface area contributed by atoms with Gasteiger partial charge in [0, 0.05) is 12.8 Å². The predicted octanol–water partition coefficient (Wildman–Crippen LogP) is 4.78. The number of esters is 2. The van der Waals surface area contributed by atoms with E-state index in [9.17, 15) is 9.59 Å². The topological polar surface area (TPSA) is 71.1 Å². The molecule has 156 valence electrons. The van der Waals surface area contributed by atoms with Crippen LogP contribution in [0.3, 0.4) is 0 Å². The van der Waals surface area contributed by atoms with Gasteiger partial charge in [-0.2, -0.15) is 0 Å². The van der Waals surface area contributed by atoms with Gasteiger partial charge in [0.2, 0.25) is 6.79 Å². The third-order valence-electron chi connectivity index (χ3n) is 4.43. The minimum atomic E-state index is -0.175. The molecule has 0 amide bonds. The molecule has 0 atom stereocenters. The van der Waals surface area contributed by atoms with Crippen molar-refractivity contribution < 1.29 is 28.5 Å². The molecule has 0 saturated carbocycles. The van der Waals surface area contributed by atoms with Crippen molar-refractivity contribution in [2.45, 2.75) is 71.8 Å². The molecule has 0 unspecified atom stereocenters. The molecule has 0 aliphatic carbocycles. The number of benzene rings is 1. The van der Waals surface area contributed by atoms with E-state index in [1.807, 2.05) is 32.0 Å². The van der Waals surface area contributed by atoms with Crippen molar-refractivity contribution in [3.63, 3.8) is 0 Å². The van der Waals surface area contributed by atoms with Gasteiger partial charge in [0.1, 0.15) is 6.61 Å². The molecule has 0 saturated heterocycles. The molecule has 0 bridgehead atoms. The molecule has 1 aromatic rings. The molecule has 1 aliphatic rings. The summed E-state index contributed by atoms with van der Waals surface area (Å²) in [7, 11) is 0. The van der Waals surface area contributed by atoms with Crippen molar-refractivity contribution in [2.75, 3.05) is 13.4 Å². The second-order valence-electron chi connectivity index (χ2n) is 7.55. The van der Waals surface area contributed by atoms with Gasteiger partial charge >= 0.3 is 11.9 Å². The molecule has 2 rings (SSSR count). The lowest BCUT2D eigenvalue weighted by Gasteiger charge is -2.07.